The lowest BCUT2D eigenvalue weighted by molar-refractivity contribution is -0.125. The second kappa shape index (κ2) is 7.38. The molecule has 1 aromatic carbocycles. The molecule has 2 heterocycles. The Bertz CT molecular complexity index is 1040. The lowest BCUT2D eigenvalue weighted by Gasteiger charge is -2.11. The van der Waals surface area contributed by atoms with E-state index in [0.717, 1.165) is 18.5 Å². The summed E-state index contributed by atoms with van der Waals surface area (Å²) in [5.41, 5.74) is 1.87. The molecule has 2 aromatic heterocycles. The van der Waals surface area contributed by atoms with E-state index in [2.05, 4.69) is 20.2 Å². The fraction of sp³-hybridized carbons (Fsp3) is 0.400. The summed E-state index contributed by atoms with van der Waals surface area (Å²) < 4.78 is 41.0. The largest absolute Gasteiger partial charge is 0.482 e. The molecule has 0 spiro atoms. The highest BCUT2D eigenvalue weighted by Crippen LogP contribution is 2.45. The van der Waals surface area contributed by atoms with Gasteiger partial charge in [0.15, 0.2) is 17.3 Å². The van der Waals surface area contributed by atoms with Crippen molar-refractivity contribution in [3.63, 3.8) is 0 Å². The molecule has 0 unspecified atom stereocenters. The number of alkyl halides is 2. The number of carbonyl (C=O) groups excluding carboxylic acids is 1. The molecular formula is C20H21F2N3O4. The van der Waals surface area contributed by atoms with E-state index in [1.54, 1.807) is 25.1 Å². The van der Waals surface area contributed by atoms with Crippen molar-refractivity contribution in [2.45, 2.75) is 46.5 Å². The molecule has 7 nitrogen and oxygen atoms in total. The van der Waals surface area contributed by atoms with Crippen LogP contribution in [-0.4, -0.2) is 22.7 Å². The van der Waals surface area contributed by atoms with Crippen molar-refractivity contribution in [1.82, 2.24) is 15.5 Å². The molecule has 0 bridgehead atoms. The van der Waals surface area contributed by atoms with E-state index in [1.165, 1.54) is 6.07 Å². The number of nitrogens with zero attached hydrogens (tertiary/aromatic N) is 1. The Morgan fingerprint density at radius 2 is 2.10 bits per heavy atom. The molecule has 0 aliphatic heterocycles. The van der Waals surface area contributed by atoms with Crippen molar-refractivity contribution < 1.29 is 27.6 Å². The number of halogens is 2. The molecule has 29 heavy (non-hydrogen) atoms. The normalized spacial score (nSPS) is 14.9. The number of nitrogens with one attached hydrogen (secondary N) is 2. The van der Waals surface area contributed by atoms with E-state index in [0.29, 0.717) is 28.9 Å². The number of fused-ring (bicyclic) bond motifs is 1. The summed E-state index contributed by atoms with van der Waals surface area (Å²) in [4.78, 5) is 15.3. The molecule has 1 aliphatic rings. The molecule has 1 aliphatic carbocycles. The Morgan fingerprint density at radius 3 is 2.76 bits per heavy atom. The Morgan fingerprint density at radius 1 is 1.31 bits per heavy atom. The number of aromatic amines is 1. The van der Waals surface area contributed by atoms with Gasteiger partial charge in [-0.3, -0.25) is 4.79 Å². The van der Waals surface area contributed by atoms with Gasteiger partial charge < -0.3 is 24.3 Å². The van der Waals surface area contributed by atoms with Gasteiger partial charge in [-0.05, 0) is 31.9 Å². The van der Waals surface area contributed by atoms with Gasteiger partial charge in [-0.25, -0.2) is 0 Å². The first kappa shape index (κ1) is 19.2. The lowest BCUT2D eigenvalue weighted by atomic mass is 10.1. The minimum absolute atomic E-state index is 0.0178. The van der Waals surface area contributed by atoms with Gasteiger partial charge >= 0.3 is 6.61 Å². The fourth-order valence-corrected chi connectivity index (χ4v) is 3.03. The van der Waals surface area contributed by atoms with Crippen molar-refractivity contribution in [2.24, 2.45) is 5.41 Å². The maximum atomic E-state index is 12.8. The first-order valence-corrected chi connectivity index (χ1v) is 9.26. The molecule has 1 amide bonds. The van der Waals surface area contributed by atoms with Gasteiger partial charge in [0.2, 0.25) is 5.91 Å². The fourth-order valence-electron chi connectivity index (χ4n) is 3.03. The SMILES string of the molecule is Cc1cc(COc2cc3[nH]c(CNC(=O)C4(C)CC4)cc3cc2OC(F)F)on1. The van der Waals surface area contributed by atoms with Crippen molar-refractivity contribution in [3.8, 4) is 11.5 Å². The second-order valence-electron chi connectivity index (χ2n) is 7.53. The van der Waals surface area contributed by atoms with E-state index in [9.17, 15) is 13.6 Å². The summed E-state index contributed by atoms with van der Waals surface area (Å²) in [6.07, 6.45) is 1.79. The van der Waals surface area contributed by atoms with Crippen LogP contribution in [0.2, 0.25) is 0 Å². The molecule has 0 saturated heterocycles. The third kappa shape index (κ3) is 4.33. The van der Waals surface area contributed by atoms with Crippen molar-refractivity contribution >= 4 is 16.8 Å². The zero-order chi connectivity index (χ0) is 20.6. The zero-order valence-electron chi connectivity index (χ0n) is 16.1. The summed E-state index contributed by atoms with van der Waals surface area (Å²) in [7, 11) is 0. The van der Waals surface area contributed by atoms with E-state index in [1.807, 2.05) is 6.92 Å². The lowest BCUT2D eigenvalue weighted by Crippen LogP contribution is -2.29. The van der Waals surface area contributed by atoms with Crippen molar-refractivity contribution in [3.05, 3.63) is 41.4 Å². The summed E-state index contributed by atoms with van der Waals surface area (Å²) in [6.45, 7) is 1.06. The van der Waals surface area contributed by atoms with E-state index in [4.69, 9.17) is 9.26 Å². The van der Waals surface area contributed by atoms with Crippen LogP contribution in [0.1, 0.15) is 36.9 Å². The summed E-state index contributed by atoms with van der Waals surface area (Å²) >= 11 is 0. The van der Waals surface area contributed by atoms with Gasteiger partial charge in [0.05, 0.1) is 12.2 Å². The Labute approximate surface area is 165 Å². The molecule has 0 radical (unpaired) electrons. The van der Waals surface area contributed by atoms with E-state index >= 15 is 0 Å². The Kier molecular flexibility index (Phi) is 4.89. The number of rotatable bonds is 8. The number of amides is 1. The predicted octanol–water partition coefficient (Wildman–Crippen LogP) is 4.06. The molecular weight excluding hydrogens is 384 g/mol. The van der Waals surface area contributed by atoms with Crippen molar-refractivity contribution in [2.75, 3.05) is 0 Å². The molecule has 1 fully saturated rings. The van der Waals surface area contributed by atoms with Crippen LogP contribution in [0.15, 0.2) is 28.8 Å². The Hall–Kier alpha value is -3.10. The highest BCUT2D eigenvalue weighted by atomic mass is 19.3. The van der Waals surface area contributed by atoms with Crippen LogP contribution in [0.3, 0.4) is 0 Å². The first-order valence-electron chi connectivity index (χ1n) is 9.26. The number of aromatic nitrogens is 2. The van der Waals surface area contributed by atoms with Crippen LogP contribution in [-0.2, 0) is 17.9 Å². The number of benzene rings is 1. The number of ether oxygens (including phenoxy) is 2. The summed E-state index contributed by atoms with van der Waals surface area (Å²) in [5, 5.41) is 7.33. The second-order valence-corrected chi connectivity index (χ2v) is 7.53. The summed E-state index contributed by atoms with van der Waals surface area (Å²) in [6, 6.07) is 6.55. The molecule has 2 N–H and O–H groups in total. The van der Waals surface area contributed by atoms with Gasteiger partial charge in [-0.1, -0.05) is 12.1 Å². The smallest absolute Gasteiger partial charge is 0.387 e. The molecule has 0 atom stereocenters. The predicted molar refractivity (Wildman–Crippen MR) is 99.7 cm³/mol. The minimum Gasteiger partial charge on any atom is -0.482 e. The van der Waals surface area contributed by atoms with Crippen molar-refractivity contribution in [1.29, 1.82) is 0 Å². The van der Waals surface area contributed by atoms with Crippen LogP contribution in [0.4, 0.5) is 8.78 Å². The Balaban J connectivity index is 1.53. The van der Waals surface area contributed by atoms with E-state index < -0.39 is 6.61 Å². The third-order valence-corrected chi connectivity index (χ3v) is 4.99. The van der Waals surface area contributed by atoms with Gasteiger partial charge in [-0.2, -0.15) is 8.78 Å². The molecule has 154 valence electrons. The van der Waals surface area contributed by atoms with E-state index in [-0.39, 0.29) is 29.4 Å². The monoisotopic (exact) mass is 405 g/mol. The number of H-pyrrole nitrogens is 1. The number of carbonyl (C=O) groups is 1. The average molecular weight is 405 g/mol. The van der Waals surface area contributed by atoms with Gasteiger partial charge in [-0.15, -0.1) is 0 Å². The molecule has 1 saturated carbocycles. The van der Waals surface area contributed by atoms with Gasteiger partial charge in [0.25, 0.3) is 0 Å². The molecule has 4 rings (SSSR count). The standard InChI is InChI=1S/C20H21F2N3O4/c1-11-5-14(29-25-11)10-27-16-8-15-12(7-17(16)28-19(21)22)6-13(24-15)9-23-18(26)20(2)3-4-20/h5-8,19,24H,3-4,9-10H2,1-2H3,(H,23,26). The maximum absolute atomic E-state index is 12.8. The molecule has 9 heteroatoms. The molecule has 3 aromatic rings. The third-order valence-electron chi connectivity index (χ3n) is 4.99. The van der Waals surface area contributed by atoms with Gasteiger partial charge in [0.1, 0.15) is 6.61 Å². The highest BCUT2D eigenvalue weighted by molar-refractivity contribution is 5.86. The van der Waals surface area contributed by atoms with Crippen LogP contribution in [0.25, 0.3) is 10.9 Å². The van der Waals surface area contributed by atoms with Crippen LogP contribution in [0, 0.1) is 12.3 Å². The maximum Gasteiger partial charge on any atom is 0.387 e. The van der Waals surface area contributed by atoms with Crippen LogP contribution < -0.4 is 14.8 Å². The summed E-state index contributed by atoms with van der Waals surface area (Å²) in [5.74, 6) is 0.553. The minimum atomic E-state index is -2.99. The number of aryl methyl sites for hydroxylation is 1. The van der Waals surface area contributed by atoms with Crippen LogP contribution >= 0.6 is 0 Å². The first-order chi connectivity index (χ1) is 13.8. The average Bonchev–Trinajstić information content (AvgIpc) is 3.09. The number of hydrogen-bond acceptors (Lipinski definition) is 5. The zero-order valence-corrected chi connectivity index (χ0v) is 16.1. The quantitative estimate of drug-likeness (QED) is 0.590. The van der Waals surface area contributed by atoms with Crippen LogP contribution in [0.5, 0.6) is 11.5 Å². The van der Waals surface area contributed by atoms with Gasteiger partial charge in [0, 0.05) is 34.1 Å². The highest BCUT2D eigenvalue weighted by Gasteiger charge is 2.44. The topological polar surface area (TPSA) is 89.4 Å². The number of hydrogen-bond donors (Lipinski definition) is 2.